The summed E-state index contributed by atoms with van der Waals surface area (Å²) in [6, 6.07) is 0. The van der Waals surface area contributed by atoms with Crippen molar-refractivity contribution >= 4 is 11.9 Å². The minimum Gasteiger partial charge on any atom is -0.469 e. The standard InChI is InChI=1S/C10H16O2.C9H16O2/c1-3-12-9(11)10(2)7-5-4-6-8-10;1-9(8(10)11-2)6-4-3-5-7-9/h3H,1,4-8H2,2H3;3-7H2,1-2H3. The second-order valence-corrected chi connectivity index (χ2v) is 7.31. The molecule has 0 unspecified atom stereocenters. The van der Waals surface area contributed by atoms with Crippen LogP contribution in [0.2, 0.25) is 0 Å². The molecule has 0 spiro atoms. The van der Waals surface area contributed by atoms with Crippen molar-refractivity contribution in [2.75, 3.05) is 7.11 Å². The molecule has 0 aliphatic heterocycles. The fourth-order valence-corrected chi connectivity index (χ4v) is 3.54. The zero-order chi connectivity index (χ0) is 17.3. The Bertz CT molecular complexity index is 402. The molecule has 0 amide bonds. The smallest absolute Gasteiger partial charge is 0.316 e. The van der Waals surface area contributed by atoms with Crippen molar-refractivity contribution in [2.24, 2.45) is 10.8 Å². The van der Waals surface area contributed by atoms with Gasteiger partial charge in [0.25, 0.3) is 0 Å². The molecule has 0 saturated heterocycles. The first-order valence-electron chi connectivity index (χ1n) is 8.78. The third-order valence-electron chi connectivity index (χ3n) is 5.28. The van der Waals surface area contributed by atoms with Crippen molar-refractivity contribution in [3.8, 4) is 0 Å². The molecule has 4 nitrogen and oxygen atoms in total. The number of carbonyl (C=O) groups excluding carboxylic acids is 2. The summed E-state index contributed by atoms with van der Waals surface area (Å²) in [5, 5.41) is 0. The number of esters is 2. The van der Waals surface area contributed by atoms with Crippen molar-refractivity contribution in [3.63, 3.8) is 0 Å². The van der Waals surface area contributed by atoms with Crippen LogP contribution < -0.4 is 0 Å². The maximum atomic E-state index is 11.4. The molecule has 0 atom stereocenters. The number of hydrogen-bond acceptors (Lipinski definition) is 4. The van der Waals surface area contributed by atoms with Gasteiger partial charge in [-0.2, -0.15) is 0 Å². The Morgan fingerprint density at radius 1 is 0.826 bits per heavy atom. The lowest BCUT2D eigenvalue weighted by atomic mass is 9.76. The van der Waals surface area contributed by atoms with Crippen molar-refractivity contribution in [2.45, 2.75) is 78.1 Å². The molecule has 132 valence electrons. The highest BCUT2D eigenvalue weighted by molar-refractivity contribution is 5.77. The van der Waals surface area contributed by atoms with Crippen LogP contribution in [0, 0.1) is 10.8 Å². The molecule has 0 bridgehead atoms. The highest BCUT2D eigenvalue weighted by atomic mass is 16.5. The Balaban J connectivity index is 0.000000231. The molecule has 0 heterocycles. The molecule has 0 aromatic heterocycles. The minimum atomic E-state index is -0.244. The van der Waals surface area contributed by atoms with E-state index >= 15 is 0 Å². The fraction of sp³-hybridized carbons (Fsp3) is 0.789. The number of rotatable bonds is 3. The fourth-order valence-electron chi connectivity index (χ4n) is 3.54. The average Bonchev–Trinajstić information content (AvgIpc) is 2.56. The lowest BCUT2D eigenvalue weighted by molar-refractivity contribution is -0.153. The van der Waals surface area contributed by atoms with Gasteiger partial charge < -0.3 is 9.47 Å². The molecule has 2 aliphatic carbocycles. The zero-order valence-corrected chi connectivity index (χ0v) is 15.0. The molecule has 23 heavy (non-hydrogen) atoms. The Labute approximate surface area is 140 Å². The predicted octanol–water partition coefficient (Wildman–Crippen LogP) is 4.77. The number of ether oxygens (including phenoxy) is 2. The van der Waals surface area contributed by atoms with E-state index in [0.717, 1.165) is 38.5 Å². The van der Waals surface area contributed by atoms with Gasteiger partial charge in [-0.3, -0.25) is 9.59 Å². The molecule has 2 rings (SSSR count). The predicted molar refractivity (Wildman–Crippen MR) is 90.7 cm³/mol. The molecule has 0 aromatic carbocycles. The summed E-state index contributed by atoms with van der Waals surface area (Å²) in [6.07, 6.45) is 12.3. The molecule has 4 heteroatoms. The van der Waals surface area contributed by atoms with Crippen LogP contribution >= 0.6 is 0 Å². The molecule has 2 aliphatic rings. The first-order valence-corrected chi connectivity index (χ1v) is 8.78. The zero-order valence-electron chi connectivity index (χ0n) is 15.0. The molecular weight excluding hydrogens is 292 g/mol. The molecule has 2 fully saturated rings. The third-order valence-corrected chi connectivity index (χ3v) is 5.28. The Kier molecular flexibility index (Phi) is 7.80. The average molecular weight is 324 g/mol. The van der Waals surface area contributed by atoms with Gasteiger partial charge in [0.05, 0.1) is 24.2 Å². The number of methoxy groups -OCH3 is 1. The van der Waals surface area contributed by atoms with Gasteiger partial charge in [0.1, 0.15) is 0 Å². The lowest BCUT2D eigenvalue weighted by Crippen LogP contribution is -2.31. The SMILES string of the molecule is C=COC(=O)C1(C)CCCCC1.COC(=O)C1(C)CCCCC1. The van der Waals surface area contributed by atoms with E-state index in [1.165, 1.54) is 39.1 Å². The van der Waals surface area contributed by atoms with Crippen LogP contribution in [0.4, 0.5) is 0 Å². The van der Waals surface area contributed by atoms with Gasteiger partial charge in [0, 0.05) is 0 Å². The van der Waals surface area contributed by atoms with Crippen LogP contribution in [0.1, 0.15) is 78.1 Å². The molecular formula is C19H32O4. The van der Waals surface area contributed by atoms with Crippen LogP contribution in [0.25, 0.3) is 0 Å². The van der Waals surface area contributed by atoms with Crippen LogP contribution in [0.3, 0.4) is 0 Å². The normalized spacial score (nSPS) is 22.0. The van der Waals surface area contributed by atoms with Crippen molar-refractivity contribution in [3.05, 3.63) is 12.8 Å². The largest absolute Gasteiger partial charge is 0.469 e. The minimum absolute atomic E-state index is 0.0304. The van der Waals surface area contributed by atoms with Crippen LogP contribution in [0.15, 0.2) is 12.8 Å². The maximum Gasteiger partial charge on any atom is 0.316 e. The van der Waals surface area contributed by atoms with E-state index in [2.05, 4.69) is 6.58 Å². The number of carbonyl (C=O) groups is 2. The van der Waals surface area contributed by atoms with Crippen LogP contribution in [-0.4, -0.2) is 19.0 Å². The highest BCUT2D eigenvalue weighted by Gasteiger charge is 2.36. The van der Waals surface area contributed by atoms with Gasteiger partial charge in [-0.1, -0.05) is 45.1 Å². The van der Waals surface area contributed by atoms with E-state index in [9.17, 15) is 9.59 Å². The second kappa shape index (κ2) is 9.09. The molecule has 0 aromatic rings. The lowest BCUT2D eigenvalue weighted by Gasteiger charge is -2.30. The monoisotopic (exact) mass is 324 g/mol. The topological polar surface area (TPSA) is 52.6 Å². The van der Waals surface area contributed by atoms with Gasteiger partial charge >= 0.3 is 11.9 Å². The van der Waals surface area contributed by atoms with Gasteiger partial charge in [-0.25, -0.2) is 0 Å². The van der Waals surface area contributed by atoms with Crippen molar-refractivity contribution in [1.29, 1.82) is 0 Å². The Hall–Kier alpha value is -1.32. The van der Waals surface area contributed by atoms with Gasteiger partial charge in [0.15, 0.2) is 0 Å². The maximum absolute atomic E-state index is 11.4. The van der Waals surface area contributed by atoms with E-state index in [4.69, 9.17) is 9.47 Å². The third kappa shape index (κ3) is 5.67. The first-order chi connectivity index (χ1) is 10.9. The van der Waals surface area contributed by atoms with Crippen LogP contribution in [-0.2, 0) is 19.1 Å². The first kappa shape index (κ1) is 19.7. The Morgan fingerprint density at radius 3 is 1.57 bits per heavy atom. The summed E-state index contributed by atoms with van der Waals surface area (Å²) in [5.74, 6) is -0.144. The molecule has 2 saturated carbocycles. The summed E-state index contributed by atoms with van der Waals surface area (Å²) in [5.41, 5.74) is -0.417. The molecule has 0 N–H and O–H groups in total. The number of hydrogen-bond donors (Lipinski definition) is 0. The van der Waals surface area contributed by atoms with Crippen molar-refractivity contribution < 1.29 is 19.1 Å². The van der Waals surface area contributed by atoms with E-state index in [1.54, 1.807) is 0 Å². The van der Waals surface area contributed by atoms with Crippen LogP contribution in [0.5, 0.6) is 0 Å². The Morgan fingerprint density at radius 2 is 1.22 bits per heavy atom. The van der Waals surface area contributed by atoms with E-state index in [0.29, 0.717) is 0 Å². The summed E-state index contributed by atoms with van der Waals surface area (Å²) in [4.78, 5) is 22.7. The van der Waals surface area contributed by atoms with Crippen molar-refractivity contribution in [1.82, 2.24) is 0 Å². The van der Waals surface area contributed by atoms with E-state index < -0.39 is 0 Å². The summed E-state index contributed by atoms with van der Waals surface area (Å²) in [6.45, 7) is 7.38. The van der Waals surface area contributed by atoms with E-state index in [-0.39, 0.29) is 22.8 Å². The van der Waals surface area contributed by atoms with Gasteiger partial charge in [0.2, 0.25) is 0 Å². The molecule has 0 radical (unpaired) electrons. The summed E-state index contributed by atoms with van der Waals surface area (Å²) in [7, 11) is 1.47. The highest BCUT2D eigenvalue weighted by Crippen LogP contribution is 2.37. The quantitative estimate of drug-likeness (QED) is 0.554. The van der Waals surface area contributed by atoms with E-state index in [1.807, 2.05) is 13.8 Å². The summed E-state index contributed by atoms with van der Waals surface area (Å²) >= 11 is 0. The summed E-state index contributed by atoms with van der Waals surface area (Å²) < 4.78 is 9.56. The van der Waals surface area contributed by atoms with Gasteiger partial charge in [-0.15, -0.1) is 0 Å². The van der Waals surface area contributed by atoms with Gasteiger partial charge in [-0.05, 0) is 39.5 Å². The second-order valence-electron chi connectivity index (χ2n) is 7.31.